The molecule has 0 N–H and O–H groups in total. The first-order valence-corrected chi connectivity index (χ1v) is 11.1. The topological polar surface area (TPSA) is 72.2 Å². The third-order valence-corrected chi connectivity index (χ3v) is 5.72. The van der Waals surface area contributed by atoms with Gasteiger partial charge in [0, 0.05) is 24.2 Å². The van der Waals surface area contributed by atoms with Crippen LogP contribution in [0.2, 0.25) is 0 Å². The molecule has 0 spiro atoms. The van der Waals surface area contributed by atoms with Gasteiger partial charge in [0.2, 0.25) is 5.91 Å². The molecule has 1 heterocycles. The summed E-state index contributed by atoms with van der Waals surface area (Å²) in [6.07, 6.45) is 3.23. The minimum atomic E-state index is -0.341. The third-order valence-electron chi connectivity index (χ3n) is 5.72. The van der Waals surface area contributed by atoms with Crippen LogP contribution < -0.4 is 9.47 Å². The number of carbonyl (C=O) groups excluding carboxylic acids is 2. The van der Waals surface area contributed by atoms with Crippen LogP contribution in [0.25, 0.3) is 0 Å². The van der Waals surface area contributed by atoms with Gasteiger partial charge in [-0.25, -0.2) is 4.39 Å². The lowest BCUT2D eigenvalue weighted by molar-refractivity contribution is -0.133. The Labute approximate surface area is 197 Å². The quantitative estimate of drug-likeness (QED) is 0.446. The van der Waals surface area contributed by atoms with Crippen LogP contribution in [0, 0.1) is 5.82 Å². The minimum Gasteiger partial charge on any atom is -0.497 e. The first kappa shape index (κ1) is 23.4. The molecule has 1 aliphatic carbocycles. The zero-order chi connectivity index (χ0) is 24.1. The van der Waals surface area contributed by atoms with Crippen molar-refractivity contribution in [1.82, 2.24) is 9.80 Å². The van der Waals surface area contributed by atoms with Gasteiger partial charge >= 0.3 is 0 Å². The van der Waals surface area contributed by atoms with Crippen LogP contribution in [0.4, 0.5) is 4.39 Å². The molecular weight excluding hydrogens is 439 g/mol. The maximum absolute atomic E-state index is 13.4. The molecule has 2 amide bonds. The predicted octanol–water partition coefficient (Wildman–Crippen LogP) is 4.27. The highest BCUT2D eigenvalue weighted by Crippen LogP contribution is 2.30. The van der Waals surface area contributed by atoms with Gasteiger partial charge in [-0.1, -0.05) is 12.1 Å². The zero-order valence-electron chi connectivity index (χ0n) is 19.2. The van der Waals surface area contributed by atoms with Crippen molar-refractivity contribution >= 4 is 11.8 Å². The normalized spacial score (nSPS) is 12.8. The summed E-state index contributed by atoms with van der Waals surface area (Å²) in [5, 5.41) is 0. The standard InChI is InChI=1S/C26H27FN2O5/c1-32-23-12-19(13-24(14-23)33-2)26(31)29(21-9-10-21)17-25(30)28(16-22-4-3-11-34-22)15-18-5-7-20(27)8-6-18/h3-8,11-14,21H,9-10,15-17H2,1-2H3. The van der Waals surface area contributed by atoms with E-state index in [4.69, 9.17) is 13.9 Å². The molecule has 0 aliphatic heterocycles. The number of furan rings is 1. The van der Waals surface area contributed by atoms with Gasteiger partial charge in [0.05, 0.1) is 27.0 Å². The average molecular weight is 467 g/mol. The number of rotatable bonds is 10. The van der Waals surface area contributed by atoms with E-state index >= 15 is 0 Å². The summed E-state index contributed by atoms with van der Waals surface area (Å²) in [5.74, 6) is 0.800. The fourth-order valence-corrected chi connectivity index (χ4v) is 3.73. The molecule has 3 aromatic rings. The predicted molar refractivity (Wildman–Crippen MR) is 123 cm³/mol. The van der Waals surface area contributed by atoms with Crippen molar-refractivity contribution in [2.24, 2.45) is 0 Å². The van der Waals surface area contributed by atoms with Crippen molar-refractivity contribution in [3.8, 4) is 11.5 Å². The first-order chi connectivity index (χ1) is 16.5. The monoisotopic (exact) mass is 466 g/mol. The summed E-state index contributed by atoms with van der Waals surface area (Å²) in [7, 11) is 3.04. The van der Waals surface area contributed by atoms with Crippen LogP contribution in [-0.4, -0.2) is 48.4 Å². The summed E-state index contributed by atoms with van der Waals surface area (Å²) >= 11 is 0. The molecule has 0 bridgehead atoms. The van der Waals surface area contributed by atoms with E-state index in [1.807, 2.05) is 0 Å². The average Bonchev–Trinajstić information content (AvgIpc) is 3.57. The highest BCUT2D eigenvalue weighted by Gasteiger charge is 2.35. The number of benzene rings is 2. The van der Waals surface area contributed by atoms with E-state index < -0.39 is 0 Å². The largest absolute Gasteiger partial charge is 0.497 e. The summed E-state index contributed by atoms with van der Waals surface area (Å²) < 4.78 is 29.4. The van der Waals surface area contributed by atoms with Crippen molar-refractivity contribution in [3.05, 3.63) is 83.6 Å². The van der Waals surface area contributed by atoms with Crippen LogP contribution in [0.3, 0.4) is 0 Å². The molecular formula is C26H27FN2O5. The number of ether oxygens (including phenoxy) is 2. The molecule has 0 radical (unpaired) electrons. The third kappa shape index (κ3) is 5.75. The Morgan fingerprint density at radius 3 is 2.24 bits per heavy atom. The Balaban J connectivity index is 1.55. The summed E-state index contributed by atoms with van der Waals surface area (Å²) in [6, 6.07) is 14.5. The Morgan fingerprint density at radius 2 is 1.68 bits per heavy atom. The first-order valence-electron chi connectivity index (χ1n) is 11.1. The molecule has 178 valence electrons. The fraction of sp³-hybridized carbons (Fsp3) is 0.308. The van der Waals surface area contributed by atoms with Crippen molar-refractivity contribution in [2.75, 3.05) is 20.8 Å². The van der Waals surface area contributed by atoms with Gasteiger partial charge in [-0.2, -0.15) is 0 Å². The Kier molecular flexibility index (Phi) is 7.15. The van der Waals surface area contributed by atoms with E-state index in [0.717, 1.165) is 18.4 Å². The maximum atomic E-state index is 13.4. The van der Waals surface area contributed by atoms with Crippen molar-refractivity contribution in [1.29, 1.82) is 0 Å². The van der Waals surface area contributed by atoms with Crippen LogP contribution in [0.1, 0.15) is 34.5 Å². The Morgan fingerprint density at radius 1 is 1.00 bits per heavy atom. The highest BCUT2D eigenvalue weighted by atomic mass is 19.1. The lowest BCUT2D eigenvalue weighted by atomic mass is 10.1. The van der Waals surface area contributed by atoms with Crippen molar-refractivity contribution < 1.29 is 27.9 Å². The van der Waals surface area contributed by atoms with E-state index in [0.29, 0.717) is 22.8 Å². The summed E-state index contributed by atoms with van der Waals surface area (Å²) in [4.78, 5) is 30.1. The van der Waals surface area contributed by atoms with Gasteiger partial charge in [-0.15, -0.1) is 0 Å². The second-order valence-electron chi connectivity index (χ2n) is 8.22. The second-order valence-corrected chi connectivity index (χ2v) is 8.22. The number of hydrogen-bond acceptors (Lipinski definition) is 5. The molecule has 0 unspecified atom stereocenters. The molecule has 1 aromatic heterocycles. The zero-order valence-corrected chi connectivity index (χ0v) is 19.2. The van der Waals surface area contributed by atoms with E-state index in [1.54, 1.807) is 58.5 Å². The lowest BCUT2D eigenvalue weighted by Gasteiger charge is -2.27. The van der Waals surface area contributed by atoms with Crippen LogP contribution in [0.5, 0.6) is 11.5 Å². The number of methoxy groups -OCH3 is 2. The molecule has 0 atom stereocenters. The number of carbonyl (C=O) groups is 2. The molecule has 1 fully saturated rings. The molecule has 2 aromatic carbocycles. The van der Waals surface area contributed by atoms with Crippen LogP contribution in [0.15, 0.2) is 65.3 Å². The van der Waals surface area contributed by atoms with E-state index in [1.165, 1.54) is 26.4 Å². The summed E-state index contributed by atoms with van der Waals surface area (Å²) in [6.45, 7) is 0.424. The van der Waals surface area contributed by atoms with Gasteiger partial charge in [0.1, 0.15) is 29.6 Å². The van der Waals surface area contributed by atoms with Gasteiger partial charge in [-0.05, 0) is 54.8 Å². The molecule has 1 aliphatic rings. The number of hydrogen-bond donors (Lipinski definition) is 0. The molecule has 0 saturated heterocycles. The lowest BCUT2D eigenvalue weighted by Crippen LogP contribution is -2.43. The number of amides is 2. The summed E-state index contributed by atoms with van der Waals surface area (Å²) in [5.41, 5.74) is 1.18. The van der Waals surface area contributed by atoms with E-state index in [-0.39, 0.29) is 43.3 Å². The van der Waals surface area contributed by atoms with Crippen LogP contribution >= 0.6 is 0 Å². The fourth-order valence-electron chi connectivity index (χ4n) is 3.73. The Hall–Kier alpha value is -3.81. The van der Waals surface area contributed by atoms with E-state index in [2.05, 4.69) is 0 Å². The molecule has 4 rings (SSSR count). The van der Waals surface area contributed by atoms with Gasteiger partial charge in [0.25, 0.3) is 5.91 Å². The van der Waals surface area contributed by atoms with Gasteiger partial charge in [-0.3, -0.25) is 9.59 Å². The minimum absolute atomic E-state index is 0.00456. The SMILES string of the molecule is COc1cc(OC)cc(C(=O)N(CC(=O)N(Cc2ccc(F)cc2)Cc2ccco2)C2CC2)c1. The smallest absolute Gasteiger partial charge is 0.254 e. The van der Waals surface area contributed by atoms with Crippen molar-refractivity contribution in [3.63, 3.8) is 0 Å². The van der Waals surface area contributed by atoms with Gasteiger partial charge < -0.3 is 23.7 Å². The molecule has 1 saturated carbocycles. The van der Waals surface area contributed by atoms with E-state index in [9.17, 15) is 14.0 Å². The highest BCUT2D eigenvalue weighted by molar-refractivity contribution is 5.97. The second kappa shape index (κ2) is 10.4. The molecule has 34 heavy (non-hydrogen) atoms. The van der Waals surface area contributed by atoms with Crippen molar-refractivity contribution in [2.45, 2.75) is 32.0 Å². The number of nitrogens with zero attached hydrogens (tertiary/aromatic N) is 2. The molecule has 8 heteroatoms. The van der Waals surface area contributed by atoms with Crippen LogP contribution in [-0.2, 0) is 17.9 Å². The maximum Gasteiger partial charge on any atom is 0.254 e. The molecule has 7 nitrogen and oxygen atoms in total. The Bertz CT molecular complexity index is 1100. The van der Waals surface area contributed by atoms with Gasteiger partial charge in [0.15, 0.2) is 0 Å². The number of halogens is 1.